The molecule has 1 fully saturated rings. The van der Waals surface area contributed by atoms with Crippen molar-refractivity contribution >= 4 is 5.91 Å². The molecule has 5 nitrogen and oxygen atoms in total. The predicted molar refractivity (Wildman–Crippen MR) is 94.8 cm³/mol. The first-order valence-corrected chi connectivity index (χ1v) is 8.85. The highest BCUT2D eigenvalue weighted by Gasteiger charge is 2.26. The second-order valence-corrected chi connectivity index (χ2v) is 6.70. The first kappa shape index (κ1) is 16.7. The summed E-state index contributed by atoms with van der Waals surface area (Å²) in [5.74, 6) is 0.130. The summed E-state index contributed by atoms with van der Waals surface area (Å²) >= 11 is 0. The van der Waals surface area contributed by atoms with Crippen molar-refractivity contribution in [2.45, 2.75) is 26.7 Å². The highest BCUT2D eigenvalue weighted by molar-refractivity contribution is 5.95. The number of likely N-dealkylation sites (N-methyl/N-ethyl adjacent to an activating group) is 1. The van der Waals surface area contributed by atoms with Crippen molar-refractivity contribution in [3.8, 4) is 5.69 Å². The molecular weight excluding hydrogens is 300 g/mol. The Morgan fingerprint density at radius 1 is 1.25 bits per heavy atom. The fraction of sp³-hybridized carbons (Fsp3) is 0.474. The van der Waals surface area contributed by atoms with Gasteiger partial charge in [0.2, 0.25) is 0 Å². The lowest BCUT2D eigenvalue weighted by Crippen LogP contribution is -3.12. The quantitative estimate of drug-likeness (QED) is 0.914. The van der Waals surface area contributed by atoms with Crippen LogP contribution in [-0.2, 0) is 6.42 Å². The van der Waals surface area contributed by atoms with E-state index in [1.807, 2.05) is 21.7 Å². The number of nitrogens with one attached hydrogen (secondary N) is 1. The molecule has 5 heteroatoms. The van der Waals surface area contributed by atoms with Crippen molar-refractivity contribution in [2.24, 2.45) is 0 Å². The van der Waals surface area contributed by atoms with Crippen LogP contribution in [0, 0.1) is 6.92 Å². The SMILES string of the molecule is CCCc1c(C(=O)N2CC[NH+](C)CC2)cnn1-c1ccccc1C. The van der Waals surface area contributed by atoms with Crippen molar-refractivity contribution in [1.82, 2.24) is 14.7 Å². The molecule has 0 unspecified atom stereocenters. The number of quaternary nitrogens is 1. The number of rotatable bonds is 4. The average Bonchev–Trinajstić information content (AvgIpc) is 2.99. The van der Waals surface area contributed by atoms with E-state index in [2.05, 4.69) is 38.1 Å². The van der Waals surface area contributed by atoms with Crippen LogP contribution in [0.25, 0.3) is 5.69 Å². The van der Waals surface area contributed by atoms with E-state index in [0.29, 0.717) is 0 Å². The number of aryl methyl sites for hydroxylation is 1. The topological polar surface area (TPSA) is 42.6 Å². The third-order valence-corrected chi connectivity index (χ3v) is 4.83. The van der Waals surface area contributed by atoms with Crippen LogP contribution in [0.5, 0.6) is 0 Å². The largest absolute Gasteiger partial charge is 0.334 e. The molecule has 1 saturated heterocycles. The van der Waals surface area contributed by atoms with Gasteiger partial charge >= 0.3 is 0 Å². The summed E-state index contributed by atoms with van der Waals surface area (Å²) in [7, 11) is 2.18. The minimum absolute atomic E-state index is 0.130. The van der Waals surface area contributed by atoms with E-state index in [9.17, 15) is 4.79 Å². The summed E-state index contributed by atoms with van der Waals surface area (Å²) in [6.07, 6.45) is 3.60. The molecule has 0 radical (unpaired) electrons. The van der Waals surface area contributed by atoms with Gasteiger partial charge in [-0.25, -0.2) is 4.68 Å². The van der Waals surface area contributed by atoms with Crippen molar-refractivity contribution < 1.29 is 9.69 Å². The van der Waals surface area contributed by atoms with Crippen LogP contribution in [0.2, 0.25) is 0 Å². The summed E-state index contributed by atoms with van der Waals surface area (Å²) in [5.41, 5.74) is 4.02. The number of nitrogens with zero attached hydrogens (tertiary/aromatic N) is 3. The zero-order valence-corrected chi connectivity index (χ0v) is 14.9. The number of amides is 1. The second kappa shape index (κ2) is 7.18. The zero-order chi connectivity index (χ0) is 17.1. The minimum Gasteiger partial charge on any atom is -0.334 e. The molecule has 1 aromatic heterocycles. The molecule has 3 rings (SSSR count). The fourth-order valence-corrected chi connectivity index (χ4v) is 3.30. The number of hydrogen-bond acceptors (Lipinski definition) is 2. The van der Waals surface area contributed by atoms with Gasteiger partial charge in [0.1, 0.15) is 0 Å². The third-order valence-electron chi connectivity index (χ3n) is 4.83. The van der Waals surface area contributed by atoms with Crippen LogP contribution in [0.4, 0.5) is 0 Å². The normalized spacial score (nSPS) is 15.7. The van der Waals surface area contributed by atoms with Crippen molar-refractivity contribution in [1.29, 1.82) is 0 Å². The maximum atomic E-state index is 13.0. The third kappa shape index (κ3) is 3.22. The van der Waals surface area contributed by atoms with Gasteiger partial charge in [0, 0.05) is 0 Å². The number of aromatic nitrogens is 2. The van der Waals surface area contributed by atoms with E-state index >= 15 is 0 Å². The Bertz CT molecular complexity index is 714. The lowest BCUT2D eigenvalue weighted by molar-refractivity contribution is -0.883. The highest BCUT2D eigenvalue weighted by atomic mass is 16.2. The molecule has 1 aromatic carbocycles. The Hall–Kier alpha value is -2.14. The van der Waals surface area contributed by atoms with E-state index in [0.717, 1.165) is 56.0 Å². The first-order chi connectivity index (χ1) is 11.6. The van der Waals surface area contributed by atoms with E-state index in [1.54, 1.807) is 6.20 Å². The van der Waals surface area contributed by atoms with Gasteiger partial charge in [0.25, 0.3) is 5.91 Å². The summed E-state index contributed by atoms with van der Waals surface area (Å²) < 4.78 is 1.95. The van der Waals surface area contributed by atoms with E-state index in [4.69, 9.17) is 0 Å². The smallest absolute Gasteiger partial charge is 0.257 e. The minimum atomic E-state index is 0.130. The molecule has 0 saturated carbocycles. The van der Waals surface area contributed by atoms with Crippen LogP contribution >= 0.6 is 0 Å². The Morgan fingerprint density at radius 2 is 1.96 bits per heavy atom. The fourth-order valence-electron chi connectivity index (χ4n) is 3.30. The summed E-state index contributed by atoms with van der Waals surface area (Å²) in [6, 6.07) is 8.19. The molecule has 1 N–H and O–H groups in total. The molecule has 1 aliphatic heterocycles. The van der Waals surface area contributed by atoms with Gasteiger partial charge in [0.15, 0.2) is 0 Å². The highest BCUT2D eigenvalue weighted by Crippen LogP contribution is 2.21. The standard InChI is InChI=1S/C19H26N4O/c1-4-7-18-16(19(24)22-12-10-21(3)11-13-22)14-20-23(18)17-9-6-5-8-15(17)2/h5-6,8-9,14H,4,7,10-13H2,1-3H3/p+1. The van der Waals surface area contributed by atoms with Gasteiger partial charge in [-0.05, 0) is 25.0 Å². The maximum Gasteiger partial charge on any atom is 0.257 e. The van der Waals surface area contributed by atoms with Crippen molar-refractivity contribution in [2.75, 3.05) is 33.2 Å². The van der Waals surface area contributed by atoms with Gasteiger partial charge < -0.3 is 9.80 Å². The predicted octanol–water partition coefficient (Wildman–Crippen LogP) is 1.10. The number of benzene rings is 1. The lowest BCUT2D eigenvalue weighted by Gasteiger charge is -2.30. The number of para-hydroxylation sites is 1. The average molecular weight is 327 g/mol. The van der Waals surface area contributed by atoms with Crippen LogP contribution < -0.4 is 4.90 Å². The lowest BCUT2D eigenvalue weighted by atomic mass is 10.1. The Labute approximate surface area is 143 Å². The van der Waals surface area contributed by atoms with Crippen LogP contribution in [0.3, 0.4) is 0 Å². The van der Waals surface area contributed by atoms with Gasteiger partial charge in [-0.3, -0.25) is 4.79 Å². The molecule has 1 amide bonds. The van der Waals surface area contributed by atoms with Crippen molar-refractivity contribution in [3.63, 3.8) is 0 Å². The van der Waals surface area contributed by atoms with Gasteiger partial charge in [-0.15, -0.1) is 0 Å². The number of carbonyl (C=O) groups excluding carboxylic acids is 1. The van der Waals surface area contributed by atoms with Crippen LogP contribution in [0.1, 0.15) is 35.0 Å². The monoisotopic (exact) mass is 327 g/mol. The molecule has 0 atom stereocenters. The second-order valence-electron chi connectivity index (χ2n) is 6.70. The molecule has 0 bridgehead atoms. The molecule has 128 valence electrons. The number of carbonyl (C=O) groups is 1. The van der Waals surface area contributed by atoms with Gasteiger partial charge in [-0.2, -0.15) is 5.10 Å². The summed E-state index contributed by atoms with van der Waals surface area (Å²) in [4.78, 5) is 16.5. The Morgan fingerprint density at radius 3 is 2.62 bits per heavy atom. The van der Waals surface area contributed by atoms with E-state index in [-0.39, 0.29) is 5.91 Å². The van der Waals surface area contributed by atoms with Crippen LogP contribution in [0.15, 0.2) is 30.5 Å². The van der Waals surface area contributed by atoms with E-state index < -0.39 is 0 Å². The van der Waals surface area contributed by atoms with Crippen LogP contribution in [-0.4, -0.2) is 53.8 Å². The summed E-state index contributed by atoms with van der Waals surface area (Å²) in [5, 5.41) is 4.56. The summed E-state index contributed by atoms with van der Waals surface area (Å²) in [6.45, 7) is 7.90. The molecule has 2 aromatic rings. The number of hydrogen-bond donors (Lipinski definition) is 1. The van der Waals surface area contributed by atoms with Gasteiger partial charge in [0.05, 0.1) is 56.4 Å². The molecular formula is C19H27N4O+. The molecule has 24 heavy (non-hydrogen) atoms. The Balaban J connectivity index is 1.94. The molecule has 0 spiro atoms. The van der Waals surface area contributed by atoms with E-state index in [1.165, 1.54) is 10.5 Å². The van der Waals surface area contributed by atoms with Crippen molar-refractivity contribution in [3.05, 3.63) is 47.3 Å². The van der Waals surface area contributed by atoms with Gasteiger partial charge in [-0.1, -0.05) is 31.5 Å². The Kier molecular flexibility index (Phi) is 5.00. The molecule has 2 heterocycles. The number of piperazine rings is 1. The zero-order valence-electron chi connectivity index (χ0n) is 14.9. The first-order valence-electron chi connectivity index (χ1n) is 8.85. The molecule has 1 aliphatic rings. The maximum absolute atomic E-state index is 13.0. The molecule has 0 aliphatic carbocycles.